The summed E-state index contributed by atoms with van der Waals surface area (Å²) in [5.74, 6) is 0.572. The Labute approximate surface area is 82.5 Å². The van der Waals surface area contributed by atoms with Crippen LogP contribution >= 0.6 is 0 Å². The smallest absolute Gasteiger partial charge is 0.170 e. The van der Waals surface area contributed by atoms with E-state index in [0.29, 0.717) is 6.61 Å². The van der Waals surface area contributed by atoms with Crippen LogP contribution < -0.4 is 0 Å². The Morgan fingerprint density at radius 3 is 3.07 bits per heavy atom. The summed E-state index contributed by atoms with van der Waals surface area (Å²) in [6.45, 7) is 2.53. The molecule has 3 nitrogen and oxygen atoms in total. The predicted molar refractivity (Wildman–Crippen MR) is 53.9 cm³/mol. The Morgan fingerprint density at radius 2 is 2.29 bits per heavy atom. The van der Waals surface area contributed by atoms with Gasteiger partial charge in [-0.1, -0.05) is 0 Å². The minimum atomic E-state index is -0.244. The van der Waals surface area contributed by atoms with Crippen LogP contribution in [0.15, 0.2) is 41.3 Å². The minimum absolute atomic E-state index is 0.0663. The third kappa shape index (κ3) is 1.53. The molecular weight excluding hydrogens is 178 g/mol. The SMILES string of the molecule is CCOC1=CC2C(=O)C=CN=C2C=C1. The Hall–Kier alpha value is -1.64. The van der Waals surface area contributed by atoms with Crippen molar-refractivity contribution in [2.75, 3.05) is 6.61 Å². The lowest BCUT2D eigenvalue weighted by atomic mass is 9.92. The zero-order valence-corrected chi connectivity index (χ0v) is 7.93. The average Bonchev–Trinajstić information content (AvgIpc) is 2.20. The highest BCUT2D eigenvalue weighted by molar-refractivity contribution is 6.17. The van der Waals surface area contributed by atoms with Gasteiger partial charge < -0.3 is 4.74 Å². The van der Waals surface area contributed by atoms with Crippen LogP contribution in [0.3, 0.4) is 0 Å². The Kier molecular flexibility index (Phi) is 2.31. The molecule has 0 aromatic rings. The standard InChI is InChI=1S/C11H11NO2/c1-2-14-8-3-4-10-9(7-8)11(13)5-6-12-10/h3-7,9H,2H2,1H3. The van der Waals surface area contributed by atoms with Crippen LogP contribution in [-0.4, -0.2) is 18.1 Å². The van der Waals surface area contributed by atoms with Gasteiger partial charge in [-0.25, -0.2) is 0 Å². The summed E-state index contributed by atoms with van der Waals surface area (Å²) < 4.78 is 5.32. The van der Waals surface area contributed by atoms with Gasteiger partial charge in [0.2, 0.25) is 0 Å². The second-order valence-electron chi connectivity index (χ2n) is 3.09. The van der Waals surface area contributed by atoms with Gasteiger partial charge in [-0.2, -0.15) is 0 Å². The summed E-state index contributed by atoms with van der Waals surface area (Å²) in [7, 11) is 0. The fraction of sp³-hybridized carbons (Fsp3) is 0.273. The number of hydrogen-bond donors (Lipinski definition) is 0. The number of hydrogen-bond acceptors (Lipinski definition) is 3. The minimum Gasteiger partial charge on any atom is -0.494 e. The first-order chi connectivity index (χ1) is 6.81. The highest BCUT2D eigenvalue weighted by atomic mass is 16.5. The molecule has 0 fully saturated rings. The number of nitrogens with zero attached hydrogens (tertiary/aromatic N) is 1. The van der Waals surface area contributed by atoms with Crippen LogP contribution in [0.2, 0.25) is 0 Å². The summed E-state index contributed by atoms with van der Waals surface area (Å²) in [6, 6.07) is 0. The number of carbonyl (C=O) groups excluding carboxylic acids is 1. The third-order valence-electron chi connectivity index (χ3n) is 2.15. The lowest BCUT2D eigenvalue weighted by Gasteiger charge is -2.18. The largest absolute Gasteiger partial charge is 0.494 e. The molecule has 14 heavy (non-hydrogen) atoms. The number of fused-ring (bicyclic) bond motifs is 1. The maximum atomic E-state index is 11.5. The summed E-state index contributed by atoms with van der Waals surface area (Å²) >= 11 is 0. The van der Waals surface area contributed by atoms with E-state index < -0.39 is 0 Å². The van der Waals surface area contributed by atoms with E-state index in [-0.39, 0.29) is 11.7 Å². The molecule has 2 aliphatic rings. The lowest BCUT2D eigenvalue weighted by Crippen LogP contribution is -2.24. The molecule has 0 saturated heterocycles. The van der Waals surface area contributed by atoms with Crippen molar-refractivity contribution in [1.82, 2.24) is 0 Å². The van der Waals surface area contributed by atoms with Crippen molar-refractivity contribution >= 4 is 11.5 Å². The van der Waals surface area contributed by atoms with Gasteiger partial charge in [0.15, 0.2) is 5.78 Å². The van der Waals surface area contributed by atoms with E-state index in [4.69, 9.17) is 4.74 Å². The fourth-order valence-corrected chi connectivity index (χ4v) is 1.49. The molecule has 0 bridgehead atoms. The van der Waals surface area contributed by atoms with Crippen molar-refractivity contribution in [2.45, 2.75) is 6.92 Å². The van der Waals surface area contributed by atoms with Crippen LogP contribution in [0.4, 0.5) is 0 Å². The summed E-state index contributed by atoms with van der Waals surface area (Å²) in [6.07, 6.45) is 8.52. The molecule has 1 atom stereocenters. The normalized spacial score (nSPS) is 24.1. The molecule has 3 heteroatoms. The van der Waals surface area contributed by atoms with E-state index in [1.54, 1.807) is 0 Å². The molecule has 0 spiro atoms. The molecule has 72 valence electrons. The molecule has 1 unspecified atom stereocenters. The van der Waals surface area contributed by atoms with Gasteiger partial charge in [0.25, 0.3) is 0 Å². The molecule has 0 saturated carbocycles. The average molecular weight is 189 g/mol. The molecule has 0 amide bonds. The van der Waals surface area contributed by atoms with E-state index in [1.807, 2.05) is 25.2 Å². The third-order valence-corrected chi connectivity index (χ3v) is 2.15. The molecule has 0 radical (unpaired) electrons. The Bertz CT molecular complexity index is 375. The van der Waals surface area contributed by atoms with Crippen molar-refractivity contribution in [2.24, 2.45) is 10.9 Å². The van der Waals surface area contributed by atoms with Crippen LogP contribution in [0, 0.1) is 5.92 Å². The number of allylic oxidation sites excluding steroid dienone is 4. The highest BCUT2D eigenvalue weighted by Gasteiger charge is 2.24. The van der Waals surface area contributed by atoms with E-state index in [1.165, 1.54) is 12.3 Å². The van der Waals surface area contributed by atoms with Crippen molar-refractivity contribution in [3.8, 4) is 0 Å². The fourth-order valence-electron chi connectivity index (χ4n) is 1.49. The lowest BCUT2D eigenvalue weighted by molar-refractivity contribution is -0.115. The first kappa shape index (κ1) is 8.94. The zero-order chi connectivity index (χ0) is 9.97. The first-order valence-electron chi connectivity index (χ1n) is 4.62. The van der Waals surface area contributed by atoms with E-state index >= 15 is 0 Å². The van der Waals surface area contributed by atoms with Gasteiger partial charge in [-0.05, 0) is 25.2 Å². The number of ether oxygens (including phenoxy) is 1. The van der Waals surface area contributed by atoms with Crippen molar-refractivity contribution < 1.29 is 9.53 Å². The van der Waals surface area contributed by atoms with Gasteiger partial charge in [0, 0.05) is 12.3 Å². The summed E-state index contributed by atoms with van der Waals surface area (Å²) in [5, 5.41) is 0. The number of rotatable bonds is 2. The van der Waals surface area contributed by atoms with Gasteiger partial charge in [-0.3, -0.25) is 9.79 Å². The van der Waals surface area contributed by atoms with Crippen LogP contribution in [0.5, 0.6) is 0 Å². The van der Waals surface area contributed by atoms with Crippen LogP contribution in [0.25, 0.3) is 0 Å². The zero-order valence-electron chi connectivity index (χ0n) is 7.93. The van der Waals surface area contributed by atoms with E-state index in [9.17, 15) is 4.79 Å². The molecule has 1 heterocycles. The Morgan fingerprint density at radius 1 is 1.43 bits per heavy atom. The topological polar surface area (TPSA) is 38.7 Å². The maximum Gasteiger partial charge on any atom is 0.170 e. The molecule has 1 aliphatic carbocycles. The van der Waals surface area contributed by atoms with E-state index in [2.05, 4.69) is 4.99 Å². The van der Waals surface area contributed by atoms with Gasteiger partial charge in [0.05, 0.1) is 18.2 Å². The molecule has 0 aromatic carbocycles. The molecule has 1 aliphatic heterocycles. The molecule has 0 aromatic heterocycles. The van der Waals surface area contributed by atoms with Gasteiger partial charge >= 0.3 is 0 Å². The molecular formula is C11H11NO2. The quantitative estimate of drug-likeness (QED) is 0.662. The molecule has 0 N–H and O–H groups in total. The van der Waals surface area contributed by atoms with Gasteiger partial charge in [0.1, 0.15) is 5.76 Å². The number of carbonyl (C=O) groups is 1. The monoisotopic (exact) mass is 189 g/mol. The van der Waals surface area contributed by atoms with Crippen LogP contribution in [-0.2, 0) is 9.53 Å². The first-order valence-corrected chi connectivity index (χ1v) is 4.62. The summed E-state index contributed by atoms with van der Waals surface area (Å²) in [4.78, 5) is 15.6. The maximum absolute atomic E-state index is 11.5. The second-order valence-corrected chi connectivity index (χ2v) is 3.09. The van der Waals surface area contributed by atoms with Crippen molar-refractivity contribution in [1.29, 1.82) is 0 Å². The van der Waals surface area contributed by atoms with Crippen LogP contribution in [0.1, 0.15) is 6.92 Å². The van der Waals surface area contributed by atoms with Gasteiger partial charge in [-0.15, -0.1) is 0 Å². The Balaban J connectivity index is 2.26. The molecule has 2 rings (SSSR count). The predicted octanol–water partition coefficient (Wildman–Crippen LogP) is 1.63. The summed E-state index contributed by atoms with van der Waals surface area (Å²) in [5.41, 5.74) is 0.793. The van der Waals surface area contributed by atoms with E-state index in [0.717, 1.165) is 11.5 Å². The number of ketones is 1. The highest BCUT2D eigenvalue weighted by Crippen LogP contribution is 2.19. The van der Waals surface area contributed by atoms with Crippen molar-refractivity contribution in [3.63, 3.8) is 0 Å². The second kappa shape index (κ2) is 3.62. The number of aliphatic imine (C=N–C) groups is 1. The van der Waals surface area contributed by atoms with Crippen molar-refractivity contribution in [3.05, 3.63) is 36.3 Å².